The van der Waals surface area contributed by atoms with Crippen LogP contribution in [0.3, 0.4) is 0 Å². The second-order valence-electron chi connectivity index (χ2n) is 9.04. The molecule has 1 amide bonds. The van der Waals surface area contributed by atoms with Crippen molar-refractivity contribution in [2.45, 2.75) is 67.2 Å². The minimum atomic E-state index is -0.00861. The maximum absolute atomic E-state index is 12.4. The summed E-state index contributed by atoms with van der Waals surface area (Å²) < 4.78 is 0. The summed E-state index contributed by atoms with van der Waals surface area (Å²) >= 11 is 1.90. The first-order valence-corrected chi connectivity index (χ1v) is 10.7. The number of thiophene rings is 1. The van der Waals surface area contributed by atoms with E-state index >= 15 is 0 Å². The number of carbonyl (C=O) groups is 1. The molecule has 0 aliphatic carbocycles. The van der Waals surface area contributed by atoms with E-state index in [1.807, 2.05) is 11.3 Å². The number of hydrogen-bond acceptors (Lipinski definition) is 3. The van der Waals surface area contributed by atoms with Gasteiger partial charge in [0, 0.05) is 29.2 Å². The average Bonchev–Trinajstić information content (AvgIpc) is 2.78. The van der Waals surface area contributed by atoms with E-state index in [0.29, 0.717) is 6.42 Å². The third-order valence-corrected chi connectivity index (χ3v) is 6.13. The lowest BCUT2D eigenvalue weighted by Crippen LogP contribution is -2.21. The van der Waals surface area contributed by atoms with Crippen LogP contribution in [0.4, 0.5) is 16.4 Å². The molecule has 1 aromatic carbocycles. The zero-order valence-corrected chi connectivity index (χ0v) is 18.3. The Morgan fingerprint density at radius 1 is 1.11 bits per heavy atom. The Kier molecular flexibility index (Phi) is 5.66. The lowest BCUT2D eigenvalue weighted by atomic mass is 9.92. The molecule has 1 aliphatic rings. The van der Waals surface area contributed by atoms with Crippen molar-refractivity contribution in [1.29, 1.82) is 0 Å². The minimum absolute atomic E-state index is 0.00861. The first kappa shape index (κ1) is 19.9. The smallest absolute Gasteiger partial charge is 0.224 e. The Hall–Kier alpha value is -1.81. The monoisotopic (exact) mass is 384 g/mol. The van der Waals surface area contributed by atoms with E-state index < -0.39 is 0 Å². The summed E-state index contributed by atoms with van der Waals surface area (Å²) in [5, 5.41) is 4.54. The number of amides is 1. The normalized spacial score (nSPS) is 14.7. The number of fused-ring (bicyclic) bond motifs is 1. The van der Waals surface area contributed by atoms with Gasteiger partial charge in [-0.3, -0.25) is 4.79 Å². The molecular weight excluding hydrogens is 352 g/mol. The number of nitrogens with zero attached hydrogens (tertiary/aromatic N) is 1. The fraction of sp³-hybridized carbons (Fsp3) is 0.522. The SMILES string of the molecule is Cc1cc2c(s1)N(c1cc(C)c(NC(=O)CC(C)(C)C)c(C)c1)CCCC2. The van der Waals surface area contributed by atoms with Crippen LogP contribution >= 0.6 is 11.3 Å². The molecule has 4 heteroatoms. The van der Waals surface area contributed by atoms with Crippen LogP contribution < -0.4 is 10.2 Å². The van der Waals surface area contributed by atoms with Crippen LogP contribution in [-0.2, 0) is 11.2 Å². The highest BCUT2D eigenvalue weighted by Gasteiger charge is 2.22. The van der Waals surface area contributed by atoms with Gasteiger partial charge in [-0.05, 0) is 80.3 Å². The molecule has 27 heavy (non-hydrogen) atoms. The van der Waals surface area contributed by atoms with Gasteiger partial charge < -0.3 is 10.2 Å². The van der Waals surface area contributed by atoms with Crippen molar-refractivity contribution < 1.29 is 4.79 Å². The molecule has 0 saturated carbocycles. The molecule has 1 N–H and O–H groups in total. The number of nitrogens with one attached hydrogen (secondary N) is 1. The lowest BCUT2D eigenvalue weighted by Gasteiger charge is -2.25. The van der Waals surface area contributed by atoms with Gasteiger partial charge in [0.1, 0.15) is 0 Å². The van der Waals surface area contributed by atoms with E-state index in [1.165, 1.54) is 40.4 Å². The van der Waals surface area contributed by atoms with Crippen molar-refractivity contribution in [3.8, 4) is 0 Å². The predicted molar refractivity (Wildman–Crippen MR) is 118 cm³/mol. The topological polar surface area (TPSA) is 32.3 Å². The zero-order chi connectivity index (χ0) is 19.8. The van der Waals surface area contributed by atoms with Crippen molar-refractivity contribution in [1.82, 2.24) is 0 Å². The van der Waals surface area contributed by atoms with Crippen LogP contribution in [0.5, 0.6) is 0 Å². The molecular formula is C23H32N2OS. The maximum atomic E-state index is 12.4. The van der Waals surface area contributed by atoms with Crippen molar-refractivity contribution in [2.75, 3.05) is 16.8 Å². The molecule has 2 heterocycles. The van der Waals surface area contributed by atoms with E-state index in [9.17, 15) is 4.79 Å². The molecule has 0 radical (unpaired) electrons. The fourth-order valence-electron chi connectivity index (χ4n) is 3.85. The molecule has 0 unspecified atom stereocenters. The van der Waals surface area contributed by atoms with Crippen LogP contribution in [-0.4, -0.2) is 12.5 Å². The number of hydrogen-bond donors (Lipinski definition) is 1. The molecule has 1 aromatic heterocycles. The number of anilines is 3. The Labute approximate surface area is 167 Å². The molecule has 0 atom stereocenters. The highest BCUT2D eigenvalue weighted by Crippen LogP contribution is 2.40. The molecule has 0 fully saturated rings. The van der Waals surface area contributed by atoms with Crippen molar-refractivity contribution in [3.05, 3.63) is 39.8 Å². The Bertz CT molecular complexity index is 822. The summed E-state index contributed by atoms with van der Waals surface area (Å²) in [4.78, 5) is 16.3. The summed E-state index contributed by atoms with van der Waals surface area (Å²) in [6.45, 7) is 13.7. The minimum Gasteiger partial charge on any atom is -0.333 e. The highest BCUT2D eigenvalue weighted by molar-refractivity contribution is 7.16. The van der Waals surface area contributed by atoms with Gasteiger partial charge in [0.2, 0.25) is 5.91 Å². The predicted octanol–water partition coefficient (Wildman–Crippen LogP) is 6.52. The molecule has 0 saturated heterocycles. The molecule has 3 rings (SSSR count). The van der Waals surface area contributed by atoms with Crippen LogP contribution in [0.2, 0.25) is 0 Å². The fourth-order valence-corrected chi connectivity index (χ4v) is 4.96. The Morgan fingerprint density at radius 3 is 2.41 bits per heavy atom. The highest BCUT2D eigenvalue weighted by atomic mass is 32.1. The lowest BCUT2D eigenvalue weighted by molar-refractivity contribution is -0.117. The second-order valence-corrected chi connectivity index (χ2v) is 10.3. The van der Waals surface area contributed by atoms with Crippen LogP contribution in [0.15, 0.2) is 18.2 Å². The number of rotatable bonds is 3. The molecule has 0 bridgehead atoms. The van der Waals surface area contributed by atoms with Crippen molar-refractivity contribution >= 4 is 33.6 Å². The van der Waals surface area contributed by atoms with Gasteiger partial charge in [0.15, 0.2) is 0 Å². The quantitative estimate of drug-likeness (QED) is 0.653. The van der Waals surface area contributed by atoms with Gasteiger partial charge in [0.05, 0.1) is 5.00 Å². The molecule has 3 nitrogen and oxygen atoms in total. The molecule has 0 spiro atoms. The van der Waals surface area contributed by atoms with Gasteiger partial charge in [0.25, 0.3) is 0 Å². The van der Waals surface area contributed by atoms with Crippen molar-refractivity contribution in [2.24, 2.45) is 5.41 Å². The summed E-state index contributed by atoms with van der Waals surface area (Å²) in [5.41, 5.74) is 5.94. The van der Waals surface area contributed by atoms with Gasteiger partial charge in [-0.1, -0.05) is 20.8 Å². The van der Waals surface area contributed by atoms with Crippen LogP contribution in [0, 0.1) is 26.2 Å². The van der Waals surface area contributed by atoms with Gasteiger partial charge in [-0.25, -0.2) is 0 Å². The second kappa shape index (κ2) is 7.67. The Balaban J connectivity index is 1.90. The zero-order valence-electron chi connectivity index (χ0n) is 17.5. The summed E-state index contributed by atoms with van der Waals surface area (Å²) in [5.74, 6) is 0.0902. The molecule has 2 aromatic rings. The van der Waals surface area contributed by atoms with Crippen LogP contribution in [0.1, 0.15) is 61.6 Å². The largest absolute Gasteiger partial charge is 0.333 e. The van der Waals surface area contributed by atoms with E-state index in [-0.39, 0.29) is 11.3 Å². The molecule has 1 aliphatic heterocycles. The van der Waals surface area contributed by atoms with E-state index in [4.69, 9.17) is 0 Å². The number of aryl methyl sites for hydroxylation is 4. The van der Waals surface area contributed by atoms with E-state index in [1.54, 1.807) is 0 Å². The molecule has 146 valence electrons. The summed E-state index contributed by atoms with van der Waals surface area (Å²) in [7, 11) is 0. The average molecular weight is 385 g/mol. The van der Waals surface area contributed by atoms with Gasteiger partial charge in [-0.2, -0.15) is 0 Å². The first-order chi connectivity index (χ1) is 12.6. The first-order valence-electron chi connectivity index (χ1n) is 9.92. The number of benzene rings is 1. The summed E-state index contributed by atoms with van der Waals surface area (Å²) in [6, 6.07) is 6.80. The maximum Gasteiger partial charge on any atom is 0.224 e. The standard InChI is InChI=1S/C23H32N2OS/c1-15-11-19(12-16(2)21(15)24-20(26)14-23(4,5)6)25-10-8-7-9-18-13-17(3)27-22(18)25/h11-13H,7-10,14H2,1-6H3,(H,24,26). The van der Waals surface area contributed by atoms with Gasteiger partial charge >= 0.3 is 0 Å². The number of carbonyl (C=O) groups excluding carboxylic acids is 1. The van der Waals surface area contributed by atoms with Crippen molar-refractivity contribution in [3.63, 3.8) is 0 Å². The Morgan fingerprint density at radius 2 is 1.78 bits per heavy atom. The van der Waals surface area contributed by atoms with Crippen LogP contribution in [0.25, 0.3) is 0 Å². The third kappa shape index (κ3) is 4.73. The summed E-state index contributed by atoms with van der Waals surface area (Å²) in [6.07, 6.45) is 4.16. The van der Waals surface area contributed by atoms with Gasteiger partial charge in [-0.15, -0.1) is 11.3 Å². The van der Waals surface area contributed by atoms with E-state index in [2.05, 4.69) is 70.0 Å². The third-order valence-electron chi connectivity index (χ3n) is 5.02. The van der Waals surface area contributed by atoms with E-state index in [0.717, 1.165) is 23.4 Å².